The molecule has 0 spiro atoms. The molecule has 23 heavy (non-hydrogen) atoms. The fourth-order valence-corrected chi connectivity index (χ4v) is 3.74. The minimum atomic E-state index is -0.469. The maximum Gasteiger partial charge on any atom is 0.249 e. The van der Waals surface area contributed by atoms with Crippen LogP contribution in [0.15, 0.2) is 30.3 Å². The second kappa shape index (κ2) is 6.32. The maximum absolute atomic E-state index is 12.6. The van der Waals surface area contributed by atoms with Crippen LogP contribution in [0, 0.1) is 5.92 Å². The third kappa shape index (κ3) is 3.24. The SMILES string of the molecule is CC1(N)CCCCC1C(=O)NC1CCN(c2ccccc2)C1=O. The Morgan fingerprint density at radius 3 is 2.70 bits per heavy atom. The van der Waals surface area contributed by atoms with Gasteiger partial charge in [-0.25, -0.2) is 0 Å². The minimum Gasteiger partial charge on any atom is -0.344 e. The number of benzene rings is 1. The molecule has 0 bridgehead atoms. The maximum atomic E-state index is 12.6. The largest absolute Gasteiger partial charge is 0.344 e. The second-order valence-electron chi connectivity index (χ2n) is 6.98. The Labute approximate surface area is 137 Å². The van der Waals surface area contributed by atoms with E-state index >= 15 is 0 Å². The molecule has 3 atom stereocenters. The molecule has 3 rings (SSSR count). The number of hydrogen-bond acceptors (Lipinski definition) is 3. The number of carbonyl (C=O) groups is 2. The molecule has 1 heterocycles. The van der Waals surface area contributed by atoms with Crippen molar-refractivity contribution < 1.29 is 9.59 Å². The zero-order valence-corrected chi connectivity index (χ0v) is 13.6. The Bertz CT molecular complexity index is 585. The van der Waals surface area contributed by atoms with E-state index in [1.165, 1.54) is 0 Å². The number of nitrogens with zero attached hydrogens (tertiary/aromatic N) is 1. The fraction of sp³-hybridized carbons (Fsp3) is 0.556. The molecule has 3 N–H and O–H groups in total. The van der Waals surface area contributed by atoms with Crippen molar-refractivity contribution >= 4 is 17.5 Å². The monoisotopic (exact) mass is 315 g/mol. The van der Waals surface area contributed by atoms with Crippen molar-refractivity contribution in [2.45, 2.75) is 50.6 Å². The first-order valence-electron chi connectivity index (χ1n) is 8.45. The van der Waals surface area contributed by atoms with Gasteiger partial charge in [-0.15, -0.1) is 0 Å². The van der Waals surface area contributed by atoms with Crippen LogP contribution in [0.4, 0.5) is 5.69 Å². The van der Waals surface area contributed by atoms with Crippen LogP contribution in [0.5, 0.6) is 0 Å². The average molecular weight is 315 g/mol. The van der Waals surface area contributed by atoms with Crippen molar-refractivity contribution in [2.24, 2.45) is 11.7 Å². The molecule has 1 aromatic rings. The summed E-state index contributed by atoms with van der Waals surface area (Å²) in [6.45, 7) is 2.58. The molecule has 5 nitrogen and oxygen atoms in total. The van der Waals surface area contributed by atoms with Gasteiger partial charge in [0.15, 0.2) is 0 Å². The fourth-order valence-electron chi connectivity index (χ4n) is 3.74. The Morgan fingerprint density at radius 2 is 2.00 bits per heavy atom. The predicted octanol–water partition coefficient (Wildman–Crippen LogP) is 1.82. The molecule has 2 fully saturated rings. The van der Waals surface area contributed by atoms with Gasteiger partial charge in [-0.1, -0.05) is 31.0 Å². The van der Waals surface area contributed by atoms with E-state index in [0.29, 0.717) is 13.0 Å². The zero-order chi connectivity index (χ0) is 16.4. The molecule has 1 saturated heterocycles. The van der Waals surface area contributed by atoms with Gasteiger partial charge < -0.3 is 16.0 Å². The van der Waals surface area contributed by atoms with Gasteiger partial charge >= 0.3 is 0 Å². The van der Waals surface area contributed by atoms with Crippen molar-refractivity contribution in [1.29, 1.82) is 0 Å². The number of amides is 2. The van der Waals surface area contributed by atoms with E-state index in [2.05, 4.69) is 5.32 Å². The van der Waals surface area contributed by atoms with E-state index in [4.69, 9.17) is 5.73 Å². The minimum absolute atomic E-state index is 0.0286. The van der Waals surface area contributed by atoms with E-state index in [0.717, 1.165) is 31.4 Å². The second-order valence-corrected chi connectivity index (χ2v) is 6.98. The van der Waals surface area contributed by atoms with E-state index in [9.17, 15) is 9.59 Å². The topological polar surface area (TPSA) is 75.4 Å². The first-order valence-corrected chi connectivity index (χ1v) is 8.45. The van der Waals surface area contributed by atoms with Crippen molar-refractivity contribution in [3.05, 3.63) is 30.3 Å². The first kappa shape index (κ1) is 16.0. The van der Waals surface area contributed by atoms with E-state index in [-0.39, 0.29) is 17.7 Å². The molecule has 0 aromatic heterocycles. The van der Waals surface area contributed by atoms with Gasteiger partial charge in [0.05, 0.1) is 5.92 Å². The van der Waals surface area contributed by atoms with Gasteiger partial charge in [0.25, 0.3) is 0 Å². The first-order chi connectivity index (χ1) is 11.0. The van der Waals surface area contributed by atoms with E-state index < -0.39 is 11.6 Å². The lowest BCUT2D eigenvalue weighted by Crippen LogP contribution is -2.55. The Kier molecular flexibility index (Phi) is 4.39. The number of anilines is 1. The van der Waals surface area contributed by atoms with Crippen LogP contribution in [-0.4, -0.2) is 29.9 Å². The molecule has 1 aliphatic heterocycles. The van der Waals surface area contributed by atoms with Crippen molar-refractivity contribution in [1.82, 2.24) is 5.32 Å². The zero-order valence-electron chi connectivity index (χ0n) is 13.6. The molecule has 124 valence electrons. The van der Waals surface area contributed by atoms with Gasteiger partial charge in [-0.3, -0.25) is 9.59 Å². The normalized spacial score (nSPS) is 31.2. The van der Waals surface area contributed by atoms with Crippen molar-refractivity contribution in [3.8, 4) is 0 Å². The molecular weight excluding hydrogens is 290 g/mol. The van der Waals surface area contributed by atoms with E-state index in [1.807, 2.05) is 37.3 Å². The van der Waals surface area contributed by atoms with Gasteiger partial charge in [0.1, 0.15) is 6.04 Å². The molecule has 2 aliphatic rings. The summed E-state index contributed by atoms with van der Waals surface area (Å²) in [6.07, 6.45) is 4.41. The highest BCUT2D eigenvalue weighted by Gasteiger charge is 2.40. The van der Waals surface area contributed by atoms with Crippen LogP contribution in [0.25, 0.3) is 0 Å². The molecule has 1 saturated carbocycles. The lowest BCUT2D eigenvalue weighted by Gasteiger charge is -2.37. The summed E-state index contributed by atoms with van der Waals surface area (Å²) in [7, 11) is 0. The molecule has 3 unspecified atom stereocenters. The molecular formula is C18H25N3O2. The lowest BCUT2D eigenvalue weighted by atomic mass is 9.74. The molecule has 1 aliphatic carbocycles. The highest BCUT2D eigenvalue weighted by molar-refractivity contribution is 6.01. The average Bonchev–Trinajstić information content (AvgIpc) is 2.88. The number of nitrogens with one attached hydrogen (secondary N) is 1. The summed E-state index contributed by atoms with van der Waals surface area (Å²) in [6, 6.07) is 9.15. The van der Waals surface area contributed by atoms with Crippen molar-refractivity contribution in [3.63, 3.8) is 0 Å². The number of carbonyl (C=O) groups excluding carboxylic acids is 2. The van der Waals surface area contributed by atoms with Crippen LogP contribution < -0.4 is 16.0 Å². The molecule has 1 aromatic carbocycles. The number of rotatable bonds is 3. The van der Waals surface area contributed by atoms with E-state index in [1.54, 1.807) is 4.90 Å². The summed E-state index contributed by atoms with van der Waals surface area (Å²) in [5.41, 5.74) is 6.71. The van der Waals surface area contributed by atoms with Gasteiger partial charge in [-0.05, 0) is 38.3 Å². The molecule has 5 heteroatoms. The predicted molar refractivity (Wildman–Crippen MR) is 89.9 cm³/mol. The third-order valence-electron chi connectivity index (χ3n) is 5.16. The Morgan fingerprint density at radius 1 is 1.26 bits per heavy atom. The van der Waals surface area contributed by atoms with Gasteiger partial charge in [0.2, 0.25) is 11.8 Å². The summed E-state index contributed by atoms with van der Waals surface area (Å²) in [5, 5.41) is 2.94. The van der Waals surface area contributed by atoms with Gasteiger partial charge in [-0.2, -0.15) is 0 Å². The van der Waals surface area contributed by atoms with Crippen LogP contribution in [0.1, 0.15) is 39.0 Å². The Hall–Kier alpha value is -1.88. The van der Waals surface area contributed by atoms with Crippen molar-refractivity contribution in [2.75, 3.05) is 11.4 Å². The summed E-state index contributed by atoms with van der Waals surface area (Å²) >= 11 is 0. The third-order valence-corrected chi connectivity index (χ3v) is 5.16. The number of hydrogen-bond donors (Lipinski definition) is 2. The summed E-state index contributed by atoms with van der Waals surface area (Å²) in [4.78, 5) is 26.9. The quantitative estimate of drug-likeness (QED) is 0.893. The highest BCUT2D eigenvalue weighted by Crippen LogP contribution is 2.32. The highest BCUT2D eigenvalue weighted by atomic mass is 16.2. The van der Waals surface area contributed by atoms with Crippen LogP contribution >= 0.6 is 0 Å². The standard InChI is InChI=1S/C18H25N3O2/c1-18(19)11-6-5-9-14(18)16(22)20-15-10-12-21(17(15)23)13-7-3-2-4-8-13/h2-4,7-8,14-15H,5-6,9-12,19H2,1H3,(H,20,22). The number of nitrogens with two attached hydrogens (primary N) is 1. The smallest absolute Gasteiger partial charge is 0.249 e. The van der Waals surface area contributed by atoms with Crippen LogP contribution in [-0.2, 0) is 9.59 Å². The van der Waals surface area contributed by atoms with Crippen LogP contribution in [0.2, 0.25) is 0 Å². The van der Waals surface area contributed by atoms with Gasteiger partial charge in [0, 0.05) is 17.8 Å². The summed E-state index contributed by atoms with van der Waals surface area (Å²) in [5.74, 6) is -0.295. The lowest BCUT2D eigenvalue weighted by molar-refractivity contribution is -0.131. The molecule has 2 amide bonds. The van der Waals surface area contributed by atoms with Crippen LogP contribution in [0.3, 0.4) is 0 Å². The summed E-state index contributed by atoms with van der Waals surface area (Å²) < 4.78 is 0. The molecule has 0 radical (unpaired) electrons. The Balaban J connectivity index is 1.65. The number of para-hydroxylation sites is 1.